The zero-order valence-corrected chi connectivity index (χ0v) is 12.1. The van der Waals surface area contributed by atoms with Gasteiger partial charge in [0, 0.05) is 5.56 Å². The Kier molecular flexibility index (Phi) is 5.23. The molecule has 5 heteroatoms. The third-order valence-electron chi connectivity index (χ3n) is 2.50. The highest BCUT2D eigenvalue weighted by molar-refractivity contribution is 8.14. The summed E-state index contributed by atoms with van der Waals surface area (Å²) in [4.78, 5) is 16.2. The first-order valence-electron chi connectivity index (χ1n) is 5.60. The molecule has 1 aromatic rings. The van der Waals surface area contributed by atoms with Crippen LogP contribution in [0, 0.1) is 0 Å². The monoisotopic (exact) mass is 284 g/mol. The zero-order valence-electron chi connectivity index (χ0n) is 10.5. The third-order valence-corrected chi connectivity index (χ3v) is 3.41. The minimum atomic E-state index is 0. The van der Waals surface area contributed by atoms with Crippen molar-refractivity contribution < 1.29 is 4.79 Å². The number of aliphatic imine (C=N–C) groups is 1. The number of nitrogens with one attached hydrogen (secondary N) is 1. The van der Waals surface area contributed by atoms with Gasteiger partial charge in [-0.25, -0.2) is 0 Å². The largest absolute Gasteiger partial charge is 0.358 e. The lowest BCUT2D eigenvalue weighted by Crippen LogP contribution is -2.38. The van der Waals surface area contributed by atoms with Gasteiger partial charge in [-0.3, -0.25) is 9.79 Å². The summed E-state index contributed by atoms with van der Waals surface area (Å²) >= 11 is 1.48. The summed E-state index contributed by atoms with van der Waals surface area (Å²) < 4.78 is 0. The molecule has 0 spiro atoms. The quantitative estimate of drug-likeness (QED) is 0.868. The van der Waals surface area contributed by atoms with E-state index in [4.69, 9.17) is 0 Å². The summed E-state index contributed by atoms with van der Waals surface area (Å²) in [5.74, 6) is 0.580. The first-order chi connectivity index (χ1) is 8.07. The molecule has 0 amide bonds. The molecule has 0 saturated carbocycles. The van der Waals surface area contributed by atoms with Crippen molar-refractivity contribution >= 4 is 35.1 Å². The van der Waals surface area contributed by atoms with Crippen LogP contribution in [0.15, 0.2) is 35.3 Å². The summed E-state index contributed by atoms with van der Waals surface area (Å²) in [7, 11) is 0. The SMILES string of the molecule is CC1(C)CN=C(SCC(=O)c2ccccc2)N1.Cl. The minimum absolute atomic E-state index is 0. The number of hydrogen-bond acceptors (Lipinski definition) is 4. The average molecular weight is 285 g/mol. The number of benzene rings is 1. The molecule has 0 aromatic heterocycles. The number of Topliss-reactive ketones (excluding diaryl/α,β-unsaturated/α-hetero) is 1. The Hall–Kier alpha value is -1.00. The van der Waals surface area contributed by atoms with Crippen molar-refractivity contribution in [3.8, 4) is 0 Å². The lowest BCUT2D eigenvalue weighted by atomic mass is 10.1. The molecule has 3 nitrogen and oxygen atoms in total. The lowest BCUT2D eigenvalue weighted by Gasteiger charge is -2.17. The number of halogens is 1. The Balaban J connectivity index is 0.00000162. The molecule has 1 heterocycles. The van der Waals surface area contributed by atoms with Crippen LogP contribution in [0.3, 0.4) is 0 Å². The highest BCUT2D eigenvalue weighted by atomic mass is 35.5. The maximum absolute atomic E-state index is 11.9. The Morgan fingerprint density at radius 3 is 2.61 bits per heavy atom. The summed E-state index contributed by atoms with van der Waals surface area (Å²) in [6.07, 6.45) is 0. The average Bonchev–Trinajstić information content (AvgIpc) is 2.67. The summed E-state index contributed by atoms with van der Waals surface area (Å²) in [6.45, 7) is 4.97. The second-order valence-electron chi connectivity index (χ2n) is 4.71. The van der Waals surface area contributed by atoms with E-state index in [-0.39, 0.29) is 23.7 Å². The van der Waals surface area contributed by atoms with Crippen molar-refractivity contribution in [1.29, 1.82) is 0 Å². The molecule has 1 aromatic carbocycles. The van der Waals surface area contributed by atoms with Crippen molar-refractivity contribution in [2.24, 2.45) is 4.99 Å². The first-order valence-corrected chi connectivity index (χ1v) is 6.59. The second-order valence-corrected chi connectivity index (χ2v) is 5.67. The van der Waals surface area contributed by atoms with Crippen LogP contribution in [0.4, 0.5) is 0 Å². The molecule has 0 radical (unpaired) electrons. The van der Waals surface area contributed by atoms with Gasteiger partial charge < -0.3 is 5.32 Å². The van der Waals surface area contributed by atoms with Gasteiger partial charge in [-0.05, 0) is 13.8 Å². The van der Waals surface area contributed by atoms with Crippen molar-refractivity contribution in [1.82, 2.24) is 5.32 Å². The summed E-state index contributed by atoms with van der Waals surface area (Å²) in [5.41, 5.74) is 0.788. The molecule has 0 atom stereocenters. The predicted molar refractivity (Wildman–Crippen MR) is 80.0 cm³/mol. The summed E-state index contributed by atoms with van der Waals surface area (Å²) in [5, 5.41) is 4.17. The van der Waals surface area contributed by atoms with Crippen LogP contribution in [0.5, 0.6) is 0 Å². The fourth-order valence-electron chi connectivity index (χ4n) is 1.56. The van der Waals surface area contributed by atoms with Crippen molar-refractivity contribution in [2.45, 2.75) is 19.4 Å². The normalized spacial score (nSPS) is 16.4. The molecule has 0 bridgehead atoms. The highest BCUT2D eigenvalue weighted by Crippen LogP contribution is 2.16. The zero-order chi connectivity index (χ0) is 12.3. The maximum atomic E-state index is 11.9. The first kappa shape index (κ1) is 15.1. The van der Waals surface area contributed by atoms with E-state index in [9.17, 15) is 4.79 Å². The molecule has 1 N–H and O–H groups in total. The van der Waals surface area contributed by atoms with Crippen LogP contribution in [0.25, 0.3) is 0 Å². The lowest BCUT2D eigenvalue weighted by molar-refractivity contribution is 0.102. The number of nitrogens with zero attached hydrogens (tertiary/aromatic N) is 1. The number of rotatable bonds is 3. The third kappa shape index (κ3) is 4.03. The van der Waals surface area contributed by atoms with Gasteiger partial charge in [0.2, 0.25) is 0 Å². The summed E-state index contributed by atoms with van der Waals surface area (Å²) in [6, 6.07) is 9.36. The van der Waals surface area contributed by atoms with E-state index in [1.165, 1.54) is 11.8 Å². The van der Waals surface area contributed by atoms with Gasteiger partial charge in [-0.2, -0.15) is 0 Å². The molecule has 0 fully saturated rings. The van der Waals surface area contributed by atoms with E-state index < -0.39 is 0 Å². The van der Waals surface area contributed by atoms with Crippen LogP contribution in [-0.2, 0) is 0 Å². The molecular weight excluding hydrogens is 268 g/mol. The highest BCUT2D eigenvalue weighted by Gasteiger charge is 2.25. The standard InChI is InChI=1S/C13H16N2OS.ClH/c1-13(2)9-14-12(15-13)17-8-11(16)10-6-4-3-5-7-10;/h3-7H,8-9H2,1-2H3,(H,14,15);1H. The van der Waals surface area contributed by atoms with Crippen LogP contribution >= 0.6 is 24.2 Å². The van der Waals surface area contributed by atoms with Gasteiger partial charge in [0.15, 0.2) is 11.0 Å². The fourth-order valence-corrected chi connectivity index (χ4v) is 2.50. The van der Waals surface area contributed by atoms with Crippen molar-refractivity contribution in [3.05, 3.63) is 35.9 Å². The molecule has 0 aliphatic carbocycles. The van der Waals surface area contributed by atoms with E-state index in [1.54, 1.807) is 0 Å². The van der Waals surface area contributed by atoms with Crippen LogP contribution < -0.4 is 5.32 Å². The van der Waals surface area contributed by atoms with Crippen LogP contribution in [0.2, 0.25) is 0 Å². The predicted octanol–water partition coefficient (Wildman–Crippen LogP) is 2.76. The maximum Gasteiger partial charge on any atom is 0.173 e. The van der Waals surface area contributed by atoms with Gasteiger partial charge in [-0.15, -0.1) is 12.4 Å². The number of amidine groups is 1. The molecule has 98 valence electrons. The Bertz CT molecular complexity index is 446. The molecule has 0 saturated heterocycles. The molecule has 18 heavy (non-hydrogen) atoms. The number of ketones is 1. The van der Waals surface area contributed by atoms with E-state index in [0.717, 1.165) is 17.3 Å². The van der Waals surface area contributed by atoms with Gasteiger partial charge in [0.1, 0.15) is 0 Å². The second kappa shape index (κ2) is 6.25. The topological polar surface area (TPSA) is 41.5 Å². The Morgan fingerprint density at radius 1 is 1.39 bits per heavy atom. The van der Waals surface area contributed by atoms with E-state index >= 15 is 0 Å². The Morgan fingerprint density at radius 2 is 2.06 bits per heavy atom. The number of thioether (sulfide) groups is 1. The molecule has 1 aliphatic rings. The van der Waals surface area contributed by atoms with Crippen LogP contribution in [-0.4, -0.2) is 28.8 Å². The number of carbonyl (C=O) groups excluding carboxylic acids is 1. The van der Waals surface area contributed by atoms with E-state index in [1.807, 2.05) is 30.3 Å². The van der Waals surface area contributed by atoms with Gasteiger partial charge in [-0.1, -0.05) is 42.1 Å². The van der Waals surface area contributed by atoms with Crippen molar-refractivity contribution in [2.75, 3.05) is 12.3 Å². The number of carbonyl (C=O) groups is 1. The smallest absolute Gasteiger partial charge is 0.173 e. The molecular formula is C13H17ClN2OS. The molecule has 1 aliphatic heterocycles. The number of hydrogen-bond donors (Lipinski definition) is 1. The fraction of sp³-hybridized carbons (Fsp3) is 0.385. The van der Waals surface area contributed by atoms with E-state index in [2.05, 4.69) is 24.2 Å². The van der Waals surface area contributed by atoms with Gasteiger partial charge >= 0.3 is 0 Å². The Labute approximate surface area is 118 Å². The van der Waals surface area contributed by atoms with Crippen LogP contribution in [0.1, 0.15) is 24.2 Å². The van der Waals surface area contributed by atoms with Gasteiger partial charge in [0.25, 0.3) is 0 Å². The van der Waals surface area contributed by atoms with E-state index in [0.29, 0.717) is 5.75 Å². The minimum Gasteiger partial charge on any atom is -0.358 e. The molecule has 2 rings (SSSR count). The molecule has 0 unspecified atom stereocenters. The van der Waals surface area contributed by atoms with Gasteiger partial charge in [0.05, 0.1) is 17.8 Å². The van der Waals surface area contributed by atoms with Crippen molar-refractivity contribution in [3.63, 3.8) is 0 Å².